The van der Waals surface area contributed by atoms with Crippen LogP contribution in [0.5, 0.6) is 0 Å². The summed E-state index contributed by atoms with van der Waals surface area (Å²) in [4.78, 5) is 55.6. The van der Waals surface area contributed by atoms with E-state index >= 15 is 0 Å². The molecule has 1 aliphatic heterocycles. The highest BCUT2D eigenvalue weighted by atomic mass is 35.5. The lowest BCUT2D eigenvalue weighted by Crippen LogP contribution is -2.35. The zero-order chi connectivity index (χ0) is 26.9. The van der Waals surface area contributed by atoms with Gasteiger partial charge in [0.05, 0.1) is 29.8 Å². The van der Waals surface area contributed by atoms with Crippen molar-refractivity contribution in [2.75, 3.05) is 13.7 Å². The minimum atomic E-state index is -5.19. The second-order valence-corrected chi connectivity index (χ2v) is 8.92. The molecule has 1 aliphatic rings. The van der Waals surface area contributed by atoms with Crippen molar-refractivity contribution < 1.29 is 31.9 Å². The first-order valence-electron chi connectivity index (χ1n) is 9.94. The Morgan fingerprint density at radius 1 is 1.33 bits per heavy atom. The smallest absolute Gasteiger partial charge is 0.432 e. The van der Waals surface area contributed by atoms with Gasteiger partial charge in [0.2, 0.25) is 5.91 Å². The Balaban J connectivity index is 2.21. The van der Waals surface area contributed by atoms with Crippen LogP contribution in [0, 0.1) is 5.82 Å². The molecule has 0 bridgehead atoms. The Hall–Kier alpha value is -3.39. The fraction of sp³-hybridized carbons (Fsp3) is 0.286. The van der Waals surface area contributed by atoms with Gasteiger partial charge in [-0.2, -0.15) is 13.2 Å². The average molecular weight is 549 g/mol. The molecule has 2 heterocycles. The number of amides is 1. The maximum absolute atomic E-state index is 14.8. The largest absolute Gasteiger partial charge is 0.469 e. The summed E-state index contributed by atoms with van der Waals surface area (Å²) in [5.74, 6) is -2.44. The highest BCUT2D eigenvalue weighted by molar-refractivity contribution is 8.15. The normalized spacial score (nSPS) is 17.1. The fourth-order valence-electron chi connectivity index (χ4n) is 3.38. The molecular formula is C21H17ClF4N4O5S. The zero-order valence-corrected chi connectivity index (χ0v) is 20.2. The van der Waals surface area contributed by atoms with Crippen molar-refractivity contribution in [1.82, 2.24) is 14.5 Å². The first-order valence-corrected chi connectivity index (χ1v) is 11.2. The van der Waals surface area contributed by atoms with Crippen molar-refractivity contribution in [3.8, 4) is 11.1 Å². The molecule has 1 atom stereocenters. The number of alkyl halides is 3. The number of benzene rings is 1. The van der Waals surface area contributed by atoms with Crippen LogP contribution in [0.2, 0.25) is 5.02 Å². The van der Waals surface area contributed by atoms with Crippen LogP contribution >= 0.6 is 23.4 Å². The molecule has 1 amide bonds. The molecule has 9 nitrogen and oxygen atoms in total. The molecule has 1 aromatic carbocycles. The number of carbonyl (C=O) groups is 2. The van der Waals surface area contributed by atoms with Crippen LogP contribution in [0.4, 0.5) is 23.2 Å². The monoisotopic (exact) mass is 548 g/mol. The van der Waals surface area contributed by atoms with Gasteiger partial charge in [-0.3, -0.25) is 28.8 Å². The van der Waals surface area contributed by atoms with E-state index in [-0.39, 0.29) is 33.4 Å². The van der Waals surface area contributed by atoms with Gasteiger partial charge in [-0.25, -0.2) is 14.2 Å². The highest BCUT2D eigenvalue weighted by Crippen LogP contribution is 2.40. The molecule has 2 aromatic rings. The third-order valence-electron chi connectivity index (χ3n) is 5.03. The summed E-state index contributed by atoms with van der Waals surface area (Å²) in [6.07, 6.45) is -4.09. The number of thioether (sulfide) groups is 1. The van der Waals surface area contributed by atoms with E-state index in [1.807, 2.05) is 0 Å². The number of hydrogen-bond acceptors (Lipinski definition) is 7. The van der Waals surface area contributed by atoms with Gasteiger partial charge in [-0.05, 0) is 12.1 Å². The second-order valence-electron chi connectivity index (χ2n) is 7.34. The molecule has 3 rings (SSSR count). The Bertz CT molecular complexity index is 1400. The van der Waals surface area contributed by atoms with Gasteiger partial charge in [-0.1, -0.05) is 29.4 Å². The number of aromatic nitrogens is 2. The summed E-state index contributed by atoms with van der Waals surface area (Å²) >= 11 is 6.95. The molecule has 1 saturated heterocycles. The van der Waals surface area contributed by atoms with Crippen molar-refractivity contribution in [2.45, 2.75) is 17.8 Å². The van der Waals surface area contributed by atoms with Crippen LogP contribution in [0.3, 0.4) is 0 Å². The number of methoxy groups -OCH3 is 1. The van der Waals surface area contributed by atoms with Crippen molar-refractivity contribution >= 4 is 46.1 Å². The minimum absolute atomic E-state index is 0.0127. The van der Waals surface area contributed by atoms with Crippen LogP contribution < -0.4 is 11.2 Å². The topological polar surface area (TPSA) is 114 Å². The summed E-state index contributed by atoms with van der Waals surface area (Å²) in [6.45, 7) is 3.52. The number of esters is 1. The van der Waals surface area contributed by atoms with Crippen LogP contribution in [-0.4, -0.2) is 50.4 Å². The predicted octanol–water partition coefficient (Wildman–Crippen LogP) is 3.23. The lowest BCUT2D eigenvalue weighted by atomic mass is 10.0. The van der Waals surface area contributed by atoms with E-state index in [4.69, 9.17) is 11.6 Å². The van der Waals surface area contributed by atoms with Gasteiger partial charge >= 0.3 is 17.8 Å². The van der Waals surface area contributed by atoms with Crippen LogP contribution in [0.25, 0.3) is 11.1 Å². The van der Waals surface area contributed by atoms with E-state index in [0.29, 0.717) is 6.07 Å². The van der Waals surface area contributed by atoms with Crippen molar-refractivity contribution in [3.05, 3.63) is 62.2 Å². The molecule has 0 aliphatic carbocycles. The van der Waals surface area contributed by atoms with Crippen LogP contribution in [0.1, 0.15) is 12.1 Å². The molecule has 1 unspecified atom stereocenters. The number of aliphatic imine (C=N–C) groups is 1. The SMILES string of the molecule is C=CCN1C(=O)C(CC(=O)OC)SC1=Nc1cc(-c2c(C(F)(F)F)n(C)c(=O)[nH]c2=O)c(F)cc1Cl. The zero-order valence-electron chi connectivity index (χ0n) is 18.6. The second kappa shape index (κ2) is 10.3. The Morgan fingerprint density at radius 2 is 2.00 bits per heavy atom. The van der Waals surface area contributed by atoms with E-state index in [1.54, 1.807) is 4.98 Å². The van der Waals surface area contributed by atoms with Crippen molar-refractivity contribution in [3.63, 3.8) is 0 Å². The van der Waals surface area contributed by atoms with Crippen molar-refractivity contribution in [1.29, 1.82) is 0 Å². The van der Waals surface area contributed by atoms with Crippen LogP contribution in [-0.2, 0) is 27.5 Å². The first kappa shape index (κ1) is 27.2. The maximum Gasteiger partial charge on any atom is 0.432 e. The average Bonchev–Trinajstić information content (AvgIpc) is 3.06. The number of amidine groups is 1. The number of carbonyl (C=O) groups excluding carboxylic acids is 2. The molecular weight excluding hydrogens is 532 g/mol. The van der Waals surface area contributed by atoms with Crippen molar-refractivity contribution in [2.24, 2.45) is 12.0 Å². The number of hydrogen-bond donors (Lipinski definition) is 1. The Kier molecular flexibility index (Phi) is 7.79. The molecule has 0 radical (unpaired) electrons. The number of ether oxygens (including phenoxy) is 1. The third-order valence-corrected chi connectivity index (χ3v) is 6.50. The summed E-state index contributed by atoms with van der Waals surface area (Å²) in [5.41, 5.74) is -6.73. The number of nitrogens with zero attached hydrogens (tertiary/aromatic N) is 3. The van der Waals surface area contributed by atoms with Crippen LogP contribution in [0.15, 0.2) is 39.4 Å². The van der Waals surface area contributed by atoms with Gasteiger partial charge in [-0.15, -0.1) is 6.58 Å². The molecule has 1 fully saturated rings. The van der Waals surface area contributed by atoms with E-state index in [9.17, 15) is 36.7 Å². The summed E-state index contributed by atoms with van der Waals surface area (Å²) in [6, 6.07) is 1.46. The summed E-state index contributed by atoms with van der Waals surface area (Å²) < 4.78 is 60.9. The standard InChI is InChI=1S/C21H17ClF4N4O5S/c1-4-5-30-18(33)13(8-14(31)35-3)36-20(30)27-12-6-9(11(23)7-10(12)22)15-16(21(24,25)26)29(2)19(34)28-17(15)32/h4,6-7,13H,1,5,8H2,2-3H3,(H,28,32,34). The number of H-pyrrole nitrogens is 1. The molecule has 192 valence electrons. The fourth-order valence-corrected chi connectivity index (χ4v) is 4.71. The van der Waals surface area contributed by atoms with Gasteiger partial charge in [0.25, 0.3) is 5.56 Å². The summed E-state index contributed by atoms with van der Waals surface area (Å²) in [7, 11) is 1.92. The number of halogens is 5. The summed E-state index contributed by atoms with van der Waals surface area (Å²) in [5, 5.41) is -1.22. The number of rotatable bonds is 6. The predicted molar refractivity (Wildman–Crippen MR) is 125 cm³/mol. The van der Waals surface area contributed by atoms with E-state index in [2.05, 4.69) is 16.3 Å². The Morgan fingerprint density at radius 3 is 2.58 bits per heavy atom. The van der Waals surface area contributed by atoms with Gasteiger partial charge in [0.1, 0.15) is 16.8 Å². The molecule has 15 heteroatoms. The lowest BCUT2D eigenvalue weighted by molar-refractivity contribution is -0.143. The molecule has 0 saturated carbocycles. The number of aromatic amines is 1. The third kappa shape index (κ3) is 5.23. The van der Waals surface area contributed by atoms with E-state index in [0.717, 1.165) is 36.9 Å². The van der Waals surface area contributed by atoms with Gasteiger partial charge < -0.3 is 4.74 Å². The molecule has 36 heavy (non-hydrogen) atoms. The first-order chi connectivity index (χ1) is 16.8. The van der Waals surface area contributed by atoms with Gasteiger partial charge in [0, 0.05) is 19.2 Å². The van der Waals surface area contributed by atoms with E-state index in [1.165, 1.54) is 6.08 Å². The lowest BCUT2D eigenvalue weighted by Gasteiger charge is -2.17. The van der Waals surface area contributed by atoms with Gasteiger partial charge in [0.15, 0.2) is 5.17 Å². The quantitative estimate of drug-likeness (QED) is 0.337. The minimum Gasteiger partial charge on any atom is -0.469 e. The molecule has 1 aromatic heterocycles. The molecule has 0 spiro atoms. The maximum atomic E-state index is 14.8. The molecule has 1 N–H and O–H groups in total. The Labute approximate surface area is 209 Å². The highest BCUT2D eigenvalue weighted by Gasteiger charge is 2.40. The van der Waals surface area contributed by atoms with E-state index < -0.39 is 57.2 Å². The number of nitrogens with one attached hydrogen (secondary N) is 1.